The summed E-state index contributed by atoms with van der Waals surface area (Å²) in [4.78, 5) is 14.7. The molecule has 0 unspecified atom stereocenters. The zero-order valence-corrected chi connectivity index (χ0v) is 14.8. The van der Waals surface area contributed by atoms with Gasteiger partial charge in [0.15, 0.2) is 0 Å². The highest BCUT2D eigenvalue weighted by Gasteiger charge is 2.49. The van der Waals surface area contributed by atoms with E-state index in [1.807, 2.05) is 65.6 Å². The van der Waals surface area contributed by atoms with Crippen molar-refractivity contribution in [1.82, 2.24) is 4.90 Å². The molecule has 3 nitrogen and oxygen atoms in total. The monoisotopic (exact) mass is 363 g/mol. The van der Waals surface area contributed by atoms with Gasteiger partial charge in [0.1, 0.15) is 11.8 Å². The maximum Gasteiger partial charge on any atom is 0.267 e. The molecule has 1 heterocycles. The van der Waals surface area contributed by atoms with E-state index in [0.29, 0.717) is 17.3 Å². The van der Waals surface area contributed by atoms with E-state index < -0.39 is 6.10 Å². The quantitative estimate of drug-likeness (QED) is 0.605. The van der Waals surface area contributed by atoms with Crippen LogP contribution < -0.4 is 4.74 Å². The van der Waals surface area contributed by atoms with Crippen LogP contribution in [0.5, 0.6) is 5.75 Å². The van der Waals surface area contributed by atoms with Crippen molar-refractivity contribution in [1.29, 1.82) is 0 Å². The van der Waals surface area contributed by atoms with Crippen molar-refractivity contribution < 1.29 is 9.53 Å². The fourth-order valence-electron chi connectivity index (χ4n) is 3.25. The molecule has 1 saturated heterocycles. The molecule has 0 bridgehead atoms. The molecule has 3 aromatic carbocycles. The van der Waals surface area contributed by atoms with Gasteiger partial charge in [-0.2, -0.15) is 0 Å². The molecule has 26 heavy (non-hydrogen) atoms. The Kier molecular flexibility index (Phi) is 4.63. The minimum atomic E-state index is -0.526. The van der Waals surface area contributed by atoms with E-state index in [1.54, 1.807) is 24.3 Å². The first-order chi connectivity index (χ1) is 12.7. The molecule has 1 amide bonds. The number of nitrogens with zero attached hydrogens (tertiary/aromatic N) is 1. The normalized spacial score (nSPS) is 19.1. The molecule has 0 radical (unpaired) electrons. The van der Waals surface area contributed by atoms with Crippen molar-refractivity contribution in [2.45, 2.75) is 18.7 Å². The van der Waals surface area contributed by atoms with Gasteiger partial charge in [0.05, 0.1) is 0 Å². The second kappa shape index (κ2) is 7.22. The molecule has 4 heteroatoms. The van der Waals surface area contributed by atoms with Gasteiger partial charge in [-0.25, -0.2) is 0 Å². The topological polar surface area (TPSA) is 29.5 Å². The molecular weight excluding hydrogens is 346 g/mol. The Morgan fingerprint density at radius 3 is 2.12 bits per heavy atom. The summed E-state index contributed by atoms with van der Waals surface area (Å²) < 4.78 is 6.00. The van der Waals surface area contributed by atoms with Crippen LogP contribution in [0.4, 0.5) is 0 Å². The minimum absolute atomic E-state index is 0.00217. The first-order valence-corrected chi connectivity index (χ1v) is 8.92. The van der Waals surface area contributed by atoms with Gasteiger partial charge in [0, 0.05) is 11.6 Å². The number of halogens is 1. The van der Waals surface area contributed by atoms with Crippen LogP contribution in [-0.4, -0.2) is 16.9 Å². The van der Waals surface area contributed by atoms with Crippen LogP contribution in [0.3, 0.4) is 0 Å². The third-order valence-electron chi connectivity index (χ3n) is 4.56. The summed E-state index contributed by atoms with van der Waals surface area (Å²) in [6.07, 6.45) is -0.526. The minimum Gasteiger partial charge on any atom is -0.478 e. The van der Waals surface area contributed by atoms with E-state index in [0.717, 1.165) is 11.1 Å². The van der Waals surface area contributed by atoms with Crippen molar-refractivity contribution >= 4 is 17.5 Å². The molecule has 0 N–H and O–H groups in total. The van der Waals surface area contributed by atoms with Gasteiger partial charge in [-0.1, -0.05) is 72.3 Å². The Morgan fingerprint density at radius 1 is 0.846 bits per heavy atom. The maximum absolute atomic E-state index is 12.8. The number of hydrogen-bond acceptors (Lipinski definition) is 2. The highest BCUT2D eigenvalue weighted by molar-refractivity contribution is 6.30. The summed E-state index contributed by atoms with van der Waals surface area (Å²) in [6, 6.07) is 27.0. The number of benzene rings is 3. The fourth-order valence-corrected chi connectivity index (χ4v) is 3.38. The number of β-lactam (4-membered cyclic amide) rings is 1. The molecule has 130 valence electrons. The molecule has 3 aromatic rings. The van der Waals surface area contributed by atoms with Crippen molar-refractivity contribution in [3.05, 3.63) is 101 Å². The Morgan fingerprint density at radius 2 is 1.46 bits per heavy atom. The Balaban J connectivity index is 1.59. The van der Waals surface area contributed by atoms with Gasteiger partial charge in [-0.3, -0.25) is 4.79 Å². The second-order valence-electron chi connectivity index (χ2n) is 6.30. The molecular formula is C22H18ClNO2. The number of carbonyl (C=O) groups is 1. The third kappa shape index (κ3) is 3.31. The Bertz CT molecular complexity index is 881. The highest BCUT2D eigenvalue weighted by atomic mass is 35.5. The van der Waals surface area contributed by atoms with Crippen molar-refractivity contribution in [3.8, 4) is 5.75 Å². The van der Waals surface area contributed by atoms with Gasteiger partial charge < -0.3 is 9.64 Å². The third-order valence-corrected chi connectivity index (χ3v) is 4.81. The Hall–Kier alpha value is -2.78. The fraction of sp³-hybridized carbons (Fsp3) is 0.136. The van der Waals surface area contributed by atoms with Gasteiger partial charge in [-0.05, 0) is 35.4 Å². The number of rotatable bonds is 5. The molecule has 2 atom stereocenters. The number of hydrogen-bond donors (Lipinski definition) is 0. The summed E-state index contributed by atoms with van der Waals surface area (Å²) in [6.45, 7) is 0.569. The van der Waals surface area contributed by atoms with Crippen LogP contribution in [0.25, 0.3) is 0 Å². The summed E-state index contributed by atoms with van der Waals surface area (Å²) in [5.74, 6) is 0.644. The lowest BCUT2D eigenvalue weighted by Gasteiger charge is -2.46. The van der Waals surface area contributed by atoms with Gasteiger partial charge in [-0.15, -0.1) is 0 Å². The van der Waals surface area contributed by atoms with Crippen molar-refractivity contribution in [3.63, 3.8) is 0 Å². The summed E-state index contributed by atoms with van der Waals surface area (Å²) in [7, 11) is 0. The molecule has 0 saturated carbocycles. The standard InChI is InChI=1S/C22H18ClNO2/c23-18-11-13-19(14-12-18)26-21-20(17-9-5-2-6-10-17)24(22(21)25)15-16-7-3-1-4-8-16/h1-14,20-21H,15H2/t20-,21+/m0/s1. The zero-order valence-electron chi connectivity index (χ0n) is 14.1. The molecule has 1 aliphatic heterocycles. The molecule has 0 aliphatic carbocycles. The Labute approximate surface area is 157 Å². The first kappa shape index (κ1) is 16.7. The van der Waals surface area contributed by atoms with Crippen LogP contribution >= 0.6 is 11.6 Å². The van der Waals surface area contributed by atoms with Crippen molar-refractivity contribution in [2.75, 3.05) is 0 Å². The van der Waals surface area contributed by atoms with E-state index in [1.165, 1.54) is 0 Å². The number of ether oxygens (including phenoxy) is 1. The smallest absolute Gasteiger partial charge is 0.267 e. The van der Waals surface area contributed by atoms with Gasteiger partial charge in [0.25, 0.3) is 5.91 Å². The average Bonchev–Trinajstić information content (AvgIpc) is 2.69. The zero-order chi connectivity index (χ0) is 17.9. The van der Waals surface area contributed by atoms with E-state index >= 15 is 0 Å². The number of carbonyl (C=O) groups excluding carboxylic acids is 1. The first-order valence-electron chi connectivity index (χ1n) is 8.54. The van der Waals surface area contributed by atoms with E-state index in [4.69, 9.17) is 16.3 Å². The maximum atomic E-state index is 12.8. The largest absolute Gasteiger partial charge is 0.478 e. The number of amides is 1. The predicted octanol–water partition coefficient (Wildman–Crippen LogP) is 4.87. The lowest BCUT2D eigenvalue weighted by atomic mass is 9.90. The van der Waals surface area contributed by atoms with Gasteiger partial charge >= 0.3 is 0 Å². The summed E-state index contributed by atoms with van der Waals surface area (Å²) >= 11 is 5.93. The van der Waals surface area contributed by atoms with Gasteiger partial charge in [0.2, 0.25) is 6.10 Å². The SMILES string of the molecule is O=C1[C@H](Oc2ccc(Cl)cc2)[C@H](c2ccccc2)N1Cc1ccccc1. The lowest BCUT2D eigenvalue weighted by Crippen LogP contribution is -2.60. The second-order valence-corrected chi connectivity index (χ2v) is 6.74. The van der Waals surface area contributed by atoms with Crippen LogP contribution in [0.2, 0.25) is 5.02 Å². The van der Waals surface area contributed by atoms with E-state index in [-0.39, 0.29) is 11.9 Å². The van der Waals surface area contributed by atoms with Crippen LogP contribution in [0.15, 0.2) is 84.9 Å². The van der Waals surface area contributed by atoms with E-state index in [9.17, 15) is 4.79 Å². The van der Waals surface area contributed by atoms with Crippen LogP contribution in [0.1, 0.15) is 17.2 Å². The van der Waals surface area contributed by atoms with Crippen LogP contribution in [0, 0.1) is 0 Å². The van der Waals surface area contributed by atoms with Crippen molar-refractivity contribution in [2.24, 2.45) is 0 Å². The molecule has 1 aliphatic rings. The molecule has 4 rings (SSSR count). The lowest BCUT2D eigenvalue weighted by molar-refractivity contribution is -0.165. The highest BCUT2D eigenvalue weighted by Crippen LogP contribution is 2.38. The number of likely N-dealkylation sites (tertiary alicyclic amines) is 1. The molecule has 0 aromatic heterocycles. The van der Waals surface area contributed by atoms with Crippen LogP contribution in [-0.2, 0) is 11.3 Å². The molecule has 1 fully saturated rings. The average molecular weight is 364 g/mol. The summed E-state index contributed by atoms with van der Waals surface area (Å²) in [5, 5.41) is 0.641. The summed E-state index contributed by atoms with van der Waals surface area (Å²) in [5.41, 5.74) is 2.17. The molecule has 0 spiro atoms. The van der Waals surface area contributed by atoms with E-state index in [2.05, 4.69) is 0 Å². The predicted molar refractivity (Wildman–Crippen MR) is 102 cm³/mol.